The molecule has 3 rings (SSSR count). The van der Waals surface area contributed by atoms with E-state index in [0.29, 0.717) is 23.9 Å². The van der Waals surface area contributed by atoms with Crippen molar-refractivity contribution in [2.45, 2.75) is 25.4 Å². The highest BCUT2D eigenvalue weighted by atomic mass is 32.2. The number of benzene rings is 1. The summed E-state index contributed by atoms with van der Waals surface area (Å²) in [6, 6.07) is 6.79. The Balaban J connectivity index is 1.66. The standard InChI is InChI=1S/C15H17N3O4S/c19-14-9-16-18(13-4-2-1-3-12(13)14)7-5-15(20)17-11-6-8-23(21,22)10-11/h1-4,9,11H,5-8,10H2,(H,17,20)/t11-/m1/s1. The molecule has 1 atom stereocenters. The van der Waals surface area contributed by atoms with Crippen LogP contribution in [-0.2, 0) is 21.2 Å². The quantitative estimate of drug-likeness (QED) is 0.854. The molecule has 0 radical (unpaired) electrons. The van der Waals surface area contributed by atoms with Gasteiger partial charge in [-0.1, -0.05) is 12.1 Å². The zero-order valence-electron chi connectivity index (χ0n) is 12.4. The van der Waals surface area contributed by atoms with Crippen molar-refractivity contribution in [3.63, 3.8) is 0 Å². The summed E-state index contributed by atoms with van der Waals surface area (Å²) in [5, 5.41) is 7.36. The van der Waals surface area contributed by atoms with Gasteiger partial charge in [0, 0.05) is 17.8 Å². The molecule has 1 aliphatic rings. The largest absolute Gasteiger partial charge is 0.352 e. The number of carbonyl (C=O) groups excluding carboxylic acids is 1. The smallest absolute Gasteiger partial charge is 0.222 e. The van der Waals surface area contributed by atoms with E-state index in [1.807, 2.05) is 6.07 Å². The van der Waals surface area contributed by atoms with E-state index in [0.717, 1.165) is 0 Å². The normalized spacial score (nSPS) is 19.7. The van der Waals surface area contributed by atoms with Crippen LogP contribution in [0, 0.1) is 0 Å². The Morgan fingerprint density at radius 1 is 1.35 bits per heavy atom. The van der Waals surface area contributed by atoms with Gasteiger partial charge >= 0.3 is 0 Å². The van der Waals surface area contributed by atoms with Gasteiger partial charge in [-0.25, -0.2) is 8.42 Å². The highest BCUT2D eigenvalue weighted by molar-refractivity contribution is 7.91. The van der Waals surface area contributed by atoms with Gasteiger partial charge in [-0.05, 0) is 18.6 Å². The van der Waals surface area contributed by atoms with Gasteiger partial charge in [0.1, 0.15) is 0 Å². The van der Waals surface area contributed by atoms with Gasteiger partial charge in [-0.2, -0.15) is 5.10 Å². The monoisotopic (exact) mass is 335 g/mol. The van der Waals surface area contributed by atoms with Crippen LogP contribution < -0.4 is 10.7 Å². The van der Waals surface area contributed by atoms with E-state index in [-0.39, 0.29) is 35.3 Å². The summed E-state index contributed by atoms with van der Waals surface area (Å²) in [6.07, 6.45) is 1.88. The van der Waals surface area contributed by atoms with Gasteiger partial charge in [0.25, 0.3) is 0 Å². The van der Waals surface area contributed by atoms with E-state index in [2.05, 4.69) is 10.4 Å². The zero-order chi connectivity index (χ0) is 16.4. The van der Waals surface area contributed by atoms with Gasteiger partial charge in [-0.15, -0.1) is 0 Å². The Morgan fingerprint density at radius 3 is 2.87 bits per heavy atom. The summed E-state index contributed by atoms with van der Waals surface area (Å²) >= 11 is 0. The first-order valence-electron chi connectivity index (χ1n) is 7.39. The van der Waals surface area contributed by atoms with Crippen molar-refractivity contribution >= 4 is 26.6 Å². The summed E-state index contributed by atoms with van der Waals surface area (Å²) in [6.45, 7) is 0.325. The molecular formula is C15H17N3O4S. The Kier molecular flexibility index (Phi) is 4.16. The second-order valence-corrected chi connectivity index (χ2v) is 7.90. The molecule has 1 N–H and O–H groups in total. The molecule has 8 heteroatoms. The van der Waals surface area contributed by atoms with E-state index >= 15 is 0 Å². The van der Waals surface area contributed by atoms with E-state index in [4.69, 9.17) is 0 Å². The minimum absolute atomic E-state index is 0.0118. The van der Waals surface area contributed by atoms with Crippen molar-refractivity contribution in [1.29, 1.82) is 0 Å². The lowest BCUT2D eigenvalue weighted by atomic mass is 10.2. The number of aromatic nitrogens is 2. The van der Waals surface area contributed by atoms with Crippen LogP contribution >= 0.6 is 0 Å². The van der Waals surface area contributed by atoms with Crippen molar-refractivity contribution in [3.8, 4) is 0 Å². The fraction of sp³-hybridized carbons (Fsp3) is 0.400. The molecule has 0 spiro atoms. The minimum atomic E-state index is -3.01. The predicted molar refractivity (Wildman–Crippen MR) is 85.8 cm³/mol. The van der Waals surface area contributed by atoms with Crippen molar-refractivity contribution in [3.05, 3.63) is 40.7 Å². The Bertz CT molecular complexity index is 904. The lowest BCUT2D eigenvalue weighted by Gasteiger charge is -2.12. The first kappa shape index (κ1) is 15.7. The molecule has 7 nitrogen and oxygen atoms in total. The van der Waals surface area contributed by atoms with Crippen molar-refractivity contribution in [2.24, 2.45) is 0 Å². The number of nitrogens with one attached hydrogen (secondary N) is 1. The average molecular weight is 335 g/mol. The highest BCUT2D eigenvalue weighted by Crippen LogP contribution is 2.12. The van der Waals surface area contributed by atoms with Crippen molar-refractivity contribution in [2.75, 3.05) is 11.5 Å². The van der Waals surface area contributed by atoms with Gasteiger partial charge in [0.05, 0.1) is 29.8 Å². The maximum atomic E-state index is 12.0. The average Bonchev–Trinajstić information content (AvgIpc) is 2.86. The first-order chi connectivity index (χ1) is 10.9. The fourth-order valence-electron chi connectivity index (χ4n) is 2.76. The third-order valence-corrected chi connectivity index (χ3v) is 5.68. The molecule has 0 unspecified atom stereocenters. The summed E-state index contributed by atoms with van der Waals surface area (Å²) in [5.74, 6) is -0.0707. The molecule has 23 heavy (non-hydrogen) atoms. The number of hydrogen-bond donors (Lipinski definition) is 1. The van der Waals surface area contributed by atoms with Crippen LogP contribution in [0.1, 0.15) is 12.8 Å². The third kappa shape index (κ3) is 3.58. The molecule has 0 aliphatic carbocycles. The topological polar surface area (TPSA) is 98.1 Å². The van der Waals surface area contributed by atoms with Crippen LogP contribution in [0.15, 0.2) is 35.3 Å². The maximum Gasteiger partial charge on any atom is 0.222 e. The van der Waals surface area contributed by atoms with Crippen LogP contribution in [-0.4, -0.2) is 41.7 Å². The predicted octanol–water partition coefficient (Wildman–Crippen LogP) is 0.0899. The fourth-order valence-corrected chi connectivity index (χ4v) is 4.43. The molecule has 1 amide bonds. The number of carbonyl (C=O) groups is 1. The Labute approximate surface area is 133 Å². The number of nitrogens with zero attached hydrogens (tertiary/aromatic N) is 2. The molecule has 1 aliphatic heterocycles. The van der Waals surface area contributed by atoms with Gasteiger partial charge < -0.3 is 5.32 Å². The Hall–Kier alpha value is -2.22. The zero-order valence-corrected chi connectivity index (χ0v) is 13.3. The molecule has 2 heterocycles. The summed E-state index contributed by atoms with van der Waals surface area (Å²) in [7, 11) is -3.01. The summed E-state index contributed by atoms with van der Waals surface area (Å²) < 4.78 is 24.4. The highest BCUT2D eigenvalue weighted by Gasteiger charge is 2.28. The lowest BCUT2D eigenvalue weighted by Crippen LogP contribution is -2.36. The summed E-state index contributed by atoms with van der Waals surface area (Å²) in [5.41, 5.74) is 0.522. The van der Waals surface area contributed by atoms with Crippen LogP contribution in [0.5, 0.6) is 0 Å². The molecule has 0 bridgehead atoms. The van der Waals surface area contributed by atoms with E-state index in [1.165, 1.54) is 6.20 Å². The van der Waals surface area contributed by atoms with Crippen molar-refractivity contribution in [1.82, 2.24) is 15.1 Å². The van der Waals surface area contributed by atoms with Gasteiger partial charge in [-0.3, -0.25) is 14.3 Å². The number of fused-ring (bicyclic) bond motifs is 1. The van der Waals surface area contributed by atoms with Gasteiger partial charge in [0.15, 0.2) is 9.84 Å². The number of amides is 1. The number of aryl methyl sites for hydroxylation is 1. The SMILES string of the molecule is O=C(CCn1ncc(=O)c2ccccc21)N[C@@H]1CCS(=O)(=O)C1. The molecule has 0 saturated carbocycles. The minimum Gasteiger partial charge on any atom is -0.352 e. The number of para-hydroxylation sites is 1. The van der Waals surface area contributed by atoms with Crippen LogP contribution in [0.3, 0.4) is 0 Å². The molecule has 1 saturated heterocycles. The van der Waals surface area contributed by atoms with Crippen LogP contribution in [0.2, 0.25) is 0 Å². The number of hydrogen-bond acceptors (Lipinski definition) is 5. The van der Waals surface area contributed by atoms with Crippen molar-refractivity contribution < 1.29 is 13.2 Å². The maximum absolute atomic E-state index is 12.0. The molecule has 2 aromatic rings. The van der Waals surface area contributed by atoms with E-state index in [9.17, 15) is 18.0 Å². The molecule has 1 aromatic carbocycles. The number of rotatable bonds is 4. The number of sulfone groups is 1. The molecule has 122 valence electrons. The molecule has 1 aromatic heterocycles. The lowest BCUT2D eigenvalue weighted by molar-refractivity contribution is -0.121. The second kappa shape index (κ2) is 6.11. The summed E-state index contributed by atoms with van der Waals surface area (Å²) in [4.78, 5) is 23.7. The third-order valence-electron chi connectivity index (χ3n) is 3.91. The molecular weight excluding hydrogens is 318 g/mol. The van der Waals surface area contributed by atoms with Crippen LogP contribution in [0.25, 0.3) is 10.9 Å². The molecule has 1 fully saturated rings. The van der Waals surface area contributed by atoms with Crippen LogP contribution in [0.4, 0.5) is 0 Å². The van der Waals surface area contributed by atoms with E-state index < -0.39 is 9.84 Å². The van der Waals surface area contributed by atoms with Gasteiger partial charge in [0.2, 0.25) is 11.3 Å². The Morgan fingerprint density at radius 2 is 2.13 bits per heavy atom. The van der Waals surface area contributed by atoms with E-state index in [1.54, 1.807) is 22.9 Å². The second-order valence-electron chi connectivity index (χ2n) is 5.67. The first-order valence-corrected chi connectivity index (χ1v) is 9.21.